The van der Waals surface area contributed by atoms with Crippen molar-refractivity contribution in [2.75, 3.05) is 13.1 Å². The van der Waals surface area contributed by atoms with E-state index in [4.69, 9.17) is 5.73 Å². The number of rotatable bonds is 7. The van der Waals surface area contributed by atoms with Gasteiger partial charge in [-0.2, -0.15) is 0 Å². The third kappa shape index (κ3) is 6.05. The van der Waals surface area contributed by atoms with Crippen molar-refractivity contribution in [1.29, 1.82) is 0 Å². The van der Waals surface area contributed by atoms with E-state index in [1.165, 1.54) is 12.8 Å². The lowest BCUT2D eigenvalue weighted by atomic mass is 9.96. The van der Waals surface area contributed by atoms with Gasteiger partial charge in [0.15, 0.2) is 0 Å². The largest absolute Gasteiger partial charge is 0.356 e. The molecule has 19 heavy (non-hydrogen) atoms. The second-order valence-corrected chi connectivity index (χ2v) is 6.36. The van der Waals surface area contributed by atoms with Crippen LogP contribution < -0.4 is 16.4 Å². The Labute approximate surface area is 115 Å². The Bertz CT molecular complexity index is 319. The van der Waals surface area contributed by atoms with Gasteiger partial charge in [0.1, 0.15) is 0 Å². The molecule has 0 aliphatic heterocycles. The van der Waals surface area contributed by atoms with E-state index in [0.29, 0.717) is 31.8 Å². The fourth-order valence-electron chi connectivity index (χ4n) is 1.86. The number of nitrogens with one attached hydrogen (secondary N) is 2. The fraction of sp³-hybridized carbons (Fsp3) is 0.857. The van der Waals surface area contributed by atoms with Gasteiger partial charge in [0.25, 0.3) is 0 Å². The van der Waals surface area contributed by atoms with Gasteiger partial charge < -0.3 is 16.4 Å². The molecule has 1 fully saturated rings. The summed E-state index contributed by atoms with van der Waals surface area (Å²) in [5.74, 6) is 0.632. The summed E-state index contributed by atoms with van der Waals surface area (Å²) in [5.41, 5.74) is 5.26. The number of hydrogen-bond donors (Lipinski definition) is 3. The van der Waals surface area contributed by atoms with E-state index < -0.39 is 0 Å². The number of carbonyl (C=O) groups excluding carboxylic acids is 2. The molecule has 0 heterocycles. The summed E-state index contributed by atoms with van der Waals surface area (Å²) in [6, 6.07) is 0.136. The van der Waals surface area contributed by atoms with Crippen molar-refractivity contribution in [1.82, 2.24) is 10.6 Å². The lowest BCUT2D eigenvalue weighted by Gasteiger charge is -2.18. The van der Waals surface area contributed by atoms with E-state index in [1.807, 2.05) is 20.8 Å². The van der Waals surface area contributed by atoms with Gasteiger partial charge in [-0.1, -0.05) is 20.8 Å². The zero-order valence-electron chi connectivity index (χ0n) is 12.3. The van der Waals surface area contributed by atoms with E-state index in [-0.39, 0.29) is 23.3 Å². The molecule has 1 aliphatic carbocycles. The Morgan fingerprint density at radius 2 is 1.95 bits per heavy atom. The molecule has 2 amide bonds. The monoisotopic (exact) mass is 269 g/mol. The van der Waals surface area contributed by atoms with E-state index in [1.54, 1.807) is 0 Å². The maximum Gasteiger partial charge on any atom is 0.225 e. The molecule has 5 nitrogen and oxygen atoms in total. The zero-order chi connectivity index (χ0) is 14.5. The fourth-order valence-corrected chi connectivity index (χ4v) is 1.86. The van der Waals surface area contributed by atoms with Gasteiger partial charge in [0.05, 0.1) is 0 Å². The Morgan fingerprint density at radius 1 is 1.32 bits per heavy atom. The number of amides is 2. The third-order valence-corrected chi connectivity index (χ3v) is 3.34. The molecule has 1 rings (SSSR count). The smallest absolute Gasteiger partial charge is 0.225 e. The molecule has 0 bridgehead atoms. The molecule has 1 aliphatic rings. The molecule has 5 heteroatoms. The summed E-state index contributed by atoms with van der Waals surface area (Å²) in [7, 11) is 0. The van der Waals surface area contributed by atoms with Crippen molar-refractivity contribution in [3.63, 3.8) is 0 Å². The molecule has 1 unspecified atom stereocenters. The molecule has 110 valence electrons. The summed E-state index contributed by atoms with van der Waals surface area (Å²) in [4.78, 5) is 23.3. The Kier molecular flexibility index (Phi) is 5.79. The standard InChI is InChI=1S/C14H27N3O2/c1-14(2,3)13(19)16-8-4-5-12(18)17-11(9-15)10-6-7-10/h10-11H,4-9,15H2,1-3H3,(H,16,19)(H,17,18). The summed E-state index contributed by atoms with van der Waals surface area (Å²) >= 11 is 0. The number of hydrogen-bond acceptors (Lipinski definition) is 3. The first-order valence-corrected chi connectivity index (χ1v) is 7.12. The molecule has 0 saturated heterocycles. The molecule has 1 saturated carbocycles. The molecule has 4 N–H and O–H groups in total. The van der Waals surface area contributed by atoms with Crippen molar-refractivity contribution < 1.29 is 9.59 Å². The SMILES string of the molecule is CC(C)(C)C(=O)NCCCC(=O)NC(CN)C1CC1. The Morgan fingerprint density at radius 3 is 2.42 bits per heavy atom. The van der Waals surface area contributed by atoms with Crippen LogP contribution in [0.5, 0.6) is 0 Å². The average molecular weight is 269 g/mol. The van der Waals surface area contributed by atoms with Crippen LogP contribution in [0.3, 0.4) is 0 Å². The highest BCUT2D eigenvalue weighted by atomic mass is 16.2. The van der Waals surface area contributed by atoms with Crippen LogP contribution in [0, 0.1) is 11.3 Å². The van der Waals surface area contributed by atoms with Gasteiger partial charge in [-0.25, -0.2) is 0 Å². The third-order valence-electron chi connectivity index (χ3n) is 3.34. The quantitative estimate of drug-likeness (QED) is 0.597. The van der Waals surface area contributed by atoms with Crippen LogP contribution in [0.15, 0.2) is 0 Å². The Hall–Kier alpha value is -1.10. The lowest BCUT2D eigenvalue weighted by molar-refractivity contribution is -0.128. The minimum atomic E-state index is -0.376. The van der Waals surface area contributed by atoms with Crippen LogP contribution in [-0.4, -0.2) is 30.9 Å². The van der Waals surface area contributed by atoms with Crippen LogP contribution in [-0.2, 0) is 9.59 Å². The van der Waals surface area contributed by atoms with E-state index in [9.17, 15) is 9.59 Å². The van der Waals surface area contributed by atoms with Crippen LogP contribution >= 0.6 is 0 Å². The summed E-state index contributed by atoms with van der Waals surface area (Å²) < 4.78 is 0. The van der Waals surface area contributed by atoms with Crippen molar-refractivity contribution in [3.05, 3.63) is 0 Å². The zero-order valence-corrected chi connectivity index (χ0v) is 12.3. The molecular weight excluding hydrogens is 242 g/mol. The van der Waals surface area contributed by atoms with Crippen molar-refractivity contribution in [2.24, 2.45) is 17.1 Å². The van der Waals surface area contributed by atoms with Gasteiger partial charge in [-0.05, 0) is 25.2 Å². The van der Waals surface area contributed by atoms with Crippen LogP contribution in [0.4, 0.5) is 0 Å². The highest BCUT2D eigenvalue weighted by Crippen LogP contribution is 2.32. The average Bonchev–Trinajstić information content (AvgIpc) is 3.14. The lowest BCUT2D eigenvalue weighted by Crippen LogP contribution is -2.42. The predicted octanol–water partition coefficient (Wildman–Crippen LogP) is 0.782. The highest BCUT2D eigenvalue weighted by molar-refractivity contribution is 5.81. The second-order valence-electron chi connectivity index (χ2n) is 6.36. The summed E-state index contributed by atoms with van der Waals surface area (Å²) in [6.07, 6.45) is 3.44. The molecule has 0 aromatic carbocycles. The molecule has 0 spiro atoms. The van der Waals surface area contributed by atoms with Gasteiger partial charge >= 0.3 is 0 Å². The number of nitrogens with two attached hydrogens (primary N) is 1. The second kappa shape index (κ2) is 6.89. The summed E-state index contributed by atoms with van der Waals surface area (Å²) in [5, 5.41) is 5.81. The van der Waals surface area contributed by atoms with Crippen LogP contribution in [0.25, 0.3) is 0 Å². The van der Waals surface area contributed by atoms with Crippen LogP contribution in [0.2, 0.25) is 0 Å². The first-order valence-electron chi connectivity index (χ1n) is 7.12. The molecule has 0 aromatic heterocycles. The van der Waals surface area contributed by atoms with Crippen molar-refractivity contribution in [3.8, 4) is 0 Å². The predicted molar refractivity (Wildman–Crippen MR) is 75.4 cm³/mol. The number of carbonyl (C=O) groups is 2. The van der Waals surface area contributed by atoms with Crippen molar-refractivity contribution in [2.45, 2.75) is 52.5 Å². The van der Waals surface area contributed by atoms with E-state index in [2.05, 4.69) is 10.6 Å². The highest BCUT2D eigenvalue weighted by Gasteiger charge is 2.31. The van der Waals surface area contributed by atoms with Gasteiger partial charge in [-0.15, -0.1) is 0 Å². The van der Waals surface area contributed by atoms with E-state index in [0.717, 1.165) is 0 Å². The normalized spacial score (nSPS) is 16.8. The summed E-state index contributed by atoms with van der Waals surface area (Å²) in [6.45, 7) is 6.67. The molecule has 0 radical (unpaired) electrons. The molecule has 1 atom stereocenters. The minimum absolute atomic E-state index is 0.0192. The maximum absolute atomic E-state index is 11.7. The first kappa shape index (κ1) is 16.0. The van der Waals surface area contributed by atoms with Crippen molar-refractivity contribution >= 4 is 11.8 Å². The maximum atomic E-state index is 11.7. The topological polar surface area (TPSA) is 84.2 Å². The van der Waals surface area contributed by atoms with E-state index >= 15 is 0 Å². The van der Waals surface area contributed by atoms with Gasteiger partial charge in [-0.3, -0.25) is 9.59 Å². The van der Waals surface area contributed by atoms with Crippen LogP contribution in [0.1, 0.15) is 46.5 Å². The Balaban J connectivity index is 2.11. The van der Waals surface area contributed by atoms with Gasteiger partial charge in [0, 0.05) is 31.0 Å². The minimum Gasteiger partial charge on any atom is -0.356 e. The molecule has 0 aromatic rings. The molecular formula is C14H27N3O2. The van der Waals surface area contributed by atoms with Gasteiger partial charge in [0.2, 0.25) is 11.8 Å². The first-order chi connectivity index (χ1) is 8.84.